The first-order valence-electron chi connectivity index (χ1n) is 4.64. The van der Waals surface area contributed by atoms with Gasteiger partial charge in [-0.15, -0.1) is 0 Å². The molecule has 0 radical (unpaired) electrons. The molecule has 0 unspecified atom stereocenters. The van der Waals surface area contributed by atoms with Crippen LogP contribution >= 0.6 is 0 Å². The van der Waals surface area contributed by atoms with Gasteiger partial charge < -0.3 is 5.73 Å². The van der Waals surface area contributed by atoms with E-state index in [-0.39, 0.29) is 0 Å². The van der Waals surface area contributed by atoms with Crippen molar-refractivity contribution >= 4 is 0 Å². The quantitative estimate of drug-likeness (QED) is 0.723. The Balaban J connectivity index is 2.58. The van der Waals surface area contributed by atoms with E-state index in [0.29, 0.717) is 0 Å². The van der Waals surface area contributed by atoms with E-state index in [4.69, 9.17) is 5.73 Å². The molecule has 0 spiro atoms. The molecule has 0 saturated carbocycles. The van der Waals surface area contributed by atoms with E-state index in [9.17, 15) is 0 Å². The lowest BCUT2D eigenvalue weighted by Crippen LogP contribution is -2.02. The fourth-order valence-corrected chi connectivity index (χ4v) is 1.33. The van der Waals surface area contributed by atoms with Gasteiger partial charge in [-0.2, -0.15) is 0 Å². The maximum atomic E-state index is 5.46. The van der Waals surface area contributed by atoms with Gasteiger partial charge in [0.2, 0.25) is 0 Å². The van der Waals surface area contributed by atoms with Gasteiger partial charge >= 0.3 is 0 Å². The summed E-state index contributed by atoms with van der Waals surface area (Å²) in [4.78, 5) is 0. The molecule has 1 aromatic rings. The highest BCUT2D eigenvalue weighted by Crippen LogP contribution is 2.06. The summed E-state index contributed by atoms with van der Waals surface area (Å²) in [6.45, 7) is 2.95. The zero-order valence-corrected chi connectivity index (χ0v) is 7.72. The highest BCUT2D eigenvalue weighted by atomic mass is 14.5. The van der Waals surface area contributed by atoms with Crippen LogP contribution in [-0.2, 0) is 12.8 Å². The van der Waals surface area contributed by atoms with Crippen LogP contribution in [0.4, 0.5) is 0 Å². The molecule has 1 heteroatoms. The zero-order valence-electron chi connectivity index (χ0n) is 7.72. The molecule has 0 heterocycles. The average Bonchev–Trinajstić information content (AvgIpc) is 2.09. The van der Waals surface area contributed by atoms with Crippen LogP contribution in [0.25, 0.3) is 0 Å². The fraction of sp³-hybridized carbons (Fsp3) is 0.455. The number of benzene rings is 1. The normalized spacial score (nSPS) is 10.2. The molecule has 66 valence electrons. The largest absolute Gasteiger partial charge is 0.330 e. The molecule has 2 N–H and O–H groups in total. The van der Waals surface area contributed by atoms with Crippen LogP contribution in [0.3, 0.4) is 0 Å². The molecule has 1 nitrogen and oxygen atoms in total. The summed E-state index contributed by atoms with van der Waals surface area (Å²) in [5.74, 6) is 0. The van der Waals surface area contributed by atoms with Crippen LogP contribution in [0.15, 0.2) is 24.3 Å². The molecule has 0 aliphatic carbocycles. The Hall–Kier alpha value is -0.820. The van der Waals surface area contributed by atoms with Gasteiger partial charge in [0.1, 0.15) is 0 Å². The molecular weight excluding hydrogens is 146 g/mol. The smallest absolute Gasteiger partial charge is 0.00367 e. The van der Waals surface area contributed by atoms with E-state index in [1.54, 1.807) is 0 Å². The van der Waals surface area contributed by atoms with Crippen molar-refractivity contribution < 1.29 is 0 Å². The third-order valence-corrected chi connectivity index (χ3v) is 1.99. The lowest BCUT2D eigenvalue weighted by molar-refractivity contribution is 0.915. The topological polar surface area (TPSA) is 26.0 Å². The van der Waals surface area contributed by atoms with Gasteiger partial charge in [-0.1, -0.05) is 37.6 Å². The molecule has 0 amide bonds. The first kappa shape index (κ1) is 9.27. The molecule has 0 fully saturated rings. The van der Waals surface area contributed by atoms with Crippen LogP contribution in [0.5, 0.6) is 0 Å². The van der Waals surface area contributed by atoms with E-state index < -0.39 is 0 Å². The van der Waals surface area contributed by atoms with Crippen molar-refractivity contribution in [2.24, 2.45) is 5.73 Å². The minimum atomic E-state index is 0.743. The Labute approximate surface area is 74.6 Å². The van der Waals surface area contributed by atoms with Gasteiger partial charge in [-0.05, 0) is 30.5 Å². The second kappa shape index (κ2) is 4.94. The molecule has 0 aromatic heterocycles. The number of rotatable bonds is 4. The molecule has 1 aromatic carbocycles. The van der Waals surface area contributed by atoms with E-state index in [2.05, 4.69) is 31.2 Å². The van der Waals surface area contributed by atoms with Gasteiger partial charge in [-0.25, -0.2) is 0 Å². The first-order valence-corrected chi connectivity index (χ1v) is 4.64. The maximum absolute atomic E-state index is 5.46. The van der Waals surface area contributed by atoms with Gasteiger partial charge in [0.25, 0.3) is 0 Å². The first-order chi connectivity index (χ1) is 5.86. The number of nitrogens with two attached hydrogens (primary N) is 1. The average molecular weight is 163 g/mol. The molecule has 0 bridgehead atoms. The molecule has 0 aliphatic heterocycles. The van der Waals surface area contributed by atoms with Crippen molar-refractivity contribution in [3.05, 3.63) is 35.4 Å². The Morgan fingerprint density at radius 3 is 1.92 bits per heavy atom. The summed E-state index contributed by atoms with van der Waals surface area (Å²) < 4.78 is 0. The van der Waals surface area contributed by atoms with Crippen LogP contribution in [0.1, 0.15) is 24.5 Å². The zero-order chi connectivity index (χ0) is 8.81. The van der Waals surface area contributed by atoms with Crippen molar-refractivity contribution in [1.29, 1.82) is 0 Å². The second-order valence-electron chi connectivity index (χ2n) is 3.11. The molecular formula is C11H17N. The Morgan fingerprint density at radius 1 is 1.00 bits per heavy atom. The molecule has 0 atom stereocenters. The Kier molecular flexibility index (Phi) is 3.81. The minimum absolute atomic E-state index is 0.743. The minimum Gasteiger partial charge on any atom is -0.330 e. The standard InChI is InChI=1S/C11H17N/c1-2-3-10-4-6-11(7-5-10)8-9-12/h4-7H,2-3,8-9,12H2,1H3. The Bertz CT molecular complexity index is 188. The van der Waals surface area contributed by atoms with E-state index in [1.165, 1.54) is 24.0 Å². The van der Waals surface area contributed by atoms with Crippen LogP contribution in [0.2, 0.25) is 0 Å². The molecule has 12 heavy (non-hydrogen) atoms. The molecule has 0 aliphatic rings. The number of hydrogen-bond acceptors (Lipinski definition) is 1. The highest BCUT2D eigenvalue weighted by Gasteiger charge is 1.92. The maximum Gasteiger partial charge on any atom is -0.00367 e. The van der Waals surface area contributed by atoms with E-state index in [1.807, 2.05) is 0 Å². The van der Waals surface area contributed by atoms with Crippen molar-refractivity contribution in [2.75, 3.05) is 6.54 Å². The lowest BCUT2D eigenvalue weighted by atomic mass is 10.1. The Morgan fingerprint density at radius 2 is 1.50 bits per heavy atom. The van der Waals surface area contributed by atoms with E-state index in [0.717, 1.165) is 13.0 Å². The van der Waals surface area contributed by atoms with Crippen LogP contribution < -0.4 is 5.73 Å². The van der Waals surface area contributed by atoms with Gasteiger partial charge in [0.05, 0.1) is 0 Å². The van der Waals surface area contributed by atoms with Gasteiger partial charge in [-0.3, -0.25) is 0 Å². The number of aryl methyl sites for hydroxylation is 1. The summed E-state index contributed by atoms with van der Waals surface area (Å²) in [5.41, 5.74) is 8.23. The second-order valence-corrected chi connectivity index (χ2v) is 3.11. The van der Waals surface area contributed by atoms with Crippen LogP contribution in [0, 0.1) is 0 Å². The SMILES string of the molecule is CCCc1ccc(CCN)cc1. The highest BCUT2D eigenvalue weighted by molar-refractivity contribution is 5.22. The monoisotopic (exact) mass is 163 g/mol. The molecule has 1 rings (SSSR count). The summed E-state index contributed by atoms with van der Waals surface area (Å²) in [6.07, 6.45) is 3.39. The van der Waals surface area contributed by atoms with Crippen molar-refractivity contribution in [1.82, 2.24) is 0 Å². The van der Waals surface area contributed by atoms with Gasteiger partial charge in [0.15, 0.2) is 0 Å². The van der Waals surface area contributed by atoms with Crippen molar-refractivity contribution in [3.63, 3.8) is 0 Å². The molecule has 0 saturated heterocycles. The summed E-state index contributed by atoms with van der Waals surface area (Å²) >= 11 is 0. The third kappa shape index (κ3) is 2.67. The summed E-state index contributed by atoms with van der Waals surface area (Å²) in [6, 6.07) is 8.76. The summed E-state index contributed by atoms with van der Waals surface area (Å²) in [7, 11) is 0. The fourth-order valence-electron chi connectivity index (χ4n) is 1.33. The lowest BCUT2D eigenvalue weighted by Gasteiger charge is -2.01. The number of hydrogen-bond donors (Lipinski definition) is 1. The predicted octanol–water partition coefficient (Wildman–Crippen LogP) is 2.14. The van der Waals surface area contributed by atoms with Gasteiger partial charge in [0, 0.05) is 0 Å². The summed E-state index contributed by atoms with van der Waals surface area (Å²) in [5, 5.41) is 0. The van der Waals surface area contributed by atoms with Crippen molar-refractivity contribution in [3.8, 4) is 0 Å². The van der Waals surface area contributed by atoms with E-state index >= 15 is 0 Å². The third-order valence-electron chi connectivity index (χ3n) is 1.99. The predicted molar refractivity (Wildman–Crippen MR) is 53.2 cm³/mol. The van der Waals surface area contributed by atoms with Crippen molar-refractivity contribution in [2.45, 2.75) is 26.2 Å². The van der Waals surface area contributed by atoms with Crippen LogP contribution in [-0.4, -0.2) is 6.54 Å².